The maximum atomic E-state index is 7.00. The van der Waals surface area contributed by atoms with Crippen LogP contribution in [0, 0.1) is 0 Å². The van der Waals surface area contributed by atoms with E-state index in [1.54, 1.807) is 11.8 Å². The number of para-hydroxylation sites is 2. The summed E-state index contributed by atoms with van der Waals surface area (Å²) in [5.41, 5.74) is 21.2. The lowest BCUT2D eigenvalue weighted by atomic mass is 10.0. The summed E-state index contributed by atoms with van der Waals surface area (Å²) in [7, 11) is 0. The van der Waals surface area contributed by atoms with Gasteiger partial charge in [0.05, 0.1) is 16.7 Å². The minimum absolute atomic E-state index is 0.780. The second-order valence-corrected chi connectivity index (χ2v) is 14.5. The number of hydrogen-bond acceptors (Lipinski definition) is 3. The van der Waals surface area contributed by atoms with E-state index in [4.69, 9.17) is 10.2 Å². The fourth-order valence-corrected chi connectivity index (χ4v) is 8.83. The van der Waals surface area contributed by atoms with Crippen molar-refractivity contribution < 1.29 is 4.42 Å². The molecule has 0 aliphatic rings. The van der Waals surface area contributed by atoms with Crippen molar-refractivity contribution >= 4 is 61.2 Å². The lowest BCUT2D eigenvalue weighted by molar-refractivity contribution is 0.668. The molecule has 0 bridgehead atoms. The summed E-state index contributed by atoms with van der Waals surface area (Å²) in [6.07, 6.45) is 0. The topological polar surface area (TPSA) is 44.1 Å². The minimum Gasteiger partial charge on any atom is -0.456 e. The highest BCUT2D eigenvalue weighted by Crippen LogP contribution is 2.45. The van der Waals surface area contributed by atoms with Gasteiger partial charge in [-0.25, -0.2) is 0 Å². The largest absolute Gasteiger partial charge is 0.456 e. The number of thioether (sulfide) groups is 1. The number of nitrogens with zero attached hydrogens (tertiary/aromatic N) is 1. The van der Waals surface area contributed by atoms with E-state index in [0.29, 0.717) is 0 Å². The van der Waals surface area contributed by atoms with Gasteiger partial charge in [0.15, 0.2) is 0 Å². The van der Waals surface area contributed by atoms with Crippen molar-refractivity contribution in [1.82, 2.24) is 4.57 Å². The Hall–Kier alpha value is -6.49. The zero-order valence-corrected chi connectivity index (χ0v) is 29.7. The molecule has 0 spiro atoms. The molecule has 2 heterocycles. The van der Waals surface area contributed by atoms with E-state index in [-0.39, 0.29) is 0 Å². The predicted octanol–water partition coefficient (Wildman–Crippen LogP) is 13.6. The van der Waals surface area contributed by atoms with Crippen molar-refractivity contribution in [3.05, 3.63) is 188 Å². The monoisotopic (exact) mass is 698 g/mol. The summed E-state index contributed by atoms with van der Waals surface area (Å²) >= 11 is 1.77. The van der Waals surface area contributed by atoms with Crippen LogP contribution in [0.5, 0.6) is 0 Å². The quantitative estimate of drug-likeness (QED) is 0.133. The number of aromatic nitrogens is 1. The number of hydrogen-bond donors (Lipinski definition) is 1. The van der Waals surface area contributed by atoms with Crippen molar-refractivity contribution in [3.63, 3.8) is 0 Å². The van der Waals surface area contributed by atoms with Crippen LogP contribution in [0.1, 0.15) is 5.56 Å². The molecule has 0 amide bonds. The number of nitrogen functional groups attached to an aromatic ring is 1. The first-order valence-corrected chi connectivity index (χ1v) is 18.9. The summed E-state index contributed by atoms with van der Waals surface area (Å²) in [4.78, 5) is 1.06. The molecule has 10 aromatic rings. The lowest BCUT2D eigenvalue weighted by Gasteiger charge is -2.13. The van der Waals surface area contributed by atoms with Crippen molar-refractivity contribution in [2.24, 2.45) is 0 Å². The Labute approximate surface area is 311 Å². The van der Waals surface area contributed by atoms with Crippen molar-refractivity contribution in [2.75, 3.05) is 5.73 Å². The fraction of sp³-hybridized carbons (Fsp3) is 0.0204. The molecule has 0 saturated carbocycles. The lowest BCUT2D eigenvalue weighted by Crippen LogP contribution is -1.95. The van der Waals surface area contributed by atoms with Crippen LogP contribution in [0.3, 0.4) is 0 Å². The normalized spacial score (nSPS) is 11.6. The van der Waals surface area contributed by atoms with Crippen LogP contribution in [0.25, 0.3) is 82.8 Å². The van der Waals surface area contributed by atoms with Crippen LogP contribution in [0.2, 0.25) is 0 Å². The number of anilines is 1. The number of nitrogens with two attached hydrogens (primary N) is 1. The summed E-state index contributed by atoms with van der Waals surface area (Å²) in [5, 5.41) is 4.67. The van der Waals surface area contributed by atoms with Gasteiger partial charge in [-0.2, -0.15) is 0 Å². The smallest absolute Gasteiger partial charge is 0.137 e. The van der Waals surface area contributed by atoms with Crippen LogP contribution < -0.4 is 5.73 Å². The maximum absolute atomic E-state index is 7.00. The van der Waals surface area contributed by atoms with Crippen LogP contribution in [-0.4, -0.2) is 4.57 Å². The zero-order valence-electron chi connectivity index (χ0n) is 28.9. The third-order valence-electron chi connectivity index (χ3n) is 10.3. The fourth-order valence-electron chi connectivity index (χ4n) is 7.70. The second-order valence-electron chi connectivity index (χ2n) is 13.5. The molecule has 0 unspecified atom stereocenters. The van der Waals surface area contributed by atoms with Gasteiger partial charge in [0.1, 0.15) is 11.2 Å². The molecule has 0 fully saturated rings. The molecule has 0 atom stereocenters. The Kier molecular flexibility index (Phi) is 7.63. The van der Waals surface area contributed by atoms with Gasteiger partial charge in [0.25, 0.3) is 0 Å². The molecule has 0 aliphatic carbocycles. The molecular weight excluding hydrogens is 665 g/mol. The number of fused-ring (bicyclic) bond motifs is 6. The first-order chi connectivity index (χ1) is 26.2. The van der Waals surface area contributed by atoms with Gasteiger partial charge in [-0.3, -0.25) is 0 Å². The van der Waals surface area contributed by atoms with Crippen LogP contribution in [0.4, 0.5) is 5.69 Å². The molecular formula is C49H34N2OS. The third kappa shape index (κ3) is 5.47. The first kappa shape index (κ1) is 31.3. The summed E-state index contributed by atoms with van der Waals surface area (Å²) < 4.78 is 8.77. The molecule has 3 nitrogen and oxygen atoms in total. The van der Waals surface area contributed by atoms with Crippen molar-refractivity contribution in [2.45, 2.75) is 10.6 Å². The van der Waals surface area contributed by atoms with Crippen LogP contribution in [-0.2, 0) is 5.75 Å². The minimum atomic E-state index is 0.780. The molecule has 4 heteroatoms. The van der Waals surface area contributed by atoms with E-state index in [0.717, 1.165) is 55.1 Å². The van der Waals surface area contributed by atoms with Gasteiger partial charge in [-0.05, 0) is 69.8 Å². The standard InChI is InChI=1S/C49H34N2OS/c50-48-42(35-14-5-2-6-15-35)30-46-47(41-19-8-10-21-45(41)52-46)49(48)53-31-32-22-24-34(25-23-32)37-26-27-40-39-18-7-9-20-43(39)51(44(40)29-37)38-17-11-16-36(28-38)33-12-3-1-4-13-33/h1-30H,31,50H2. The van der Waals surface area contributed by atoms with Crippen LogP contribution >= 0.6 is 11.8 Å². The van der Waals surface area contributed by atoms with E-state index in [9.17, 15) is 0 Å². The Morgan fingerprint density at radius 2 is 1.09 bits per heavy atom. The van der Waals surface area contributed by atoms with Gasteiger partial charge in [0, 0.05) is 43.4 Å². The van der Waals surface area contributed by atoms with Crippen molar-refractivity contribution in [1.29, 1.82) is 0 Å². The number of benzene rings is 8. The molecule has 252 valence electrons. The molecule has 2 N–H and O–H groups in total. The molecule has 2 aromatic heterocycles. The maximum Gasteiger partial charge on any atom is 0.137 e. The highest BCUT2D eigenvalue weighted by atomic mass is 32.2. The number of rotatable bonds is 7. The Bertz CT molecular complexity index is 2940. The van der Waals surface area contributed by atoms with Gasteiger partial charge < -0.3 is 14.7 Å². The van der Waals surface area contributed by atoms with Crippen molar-refractivity contribution in [3.8, 4) is 39.1 Å². The summed E-state index contributed by atoms with van der Waals surface area (Å²) in [6.45, 7) is 0. The summed E-state index contributed by atoms with van der Waals surface area (Å²) in [5.74, 6) is 0.780. The van der Waals surface area contributed by atoms with E-state index in [1.165, 1.54) is 49.6 Å². The average molecular weight is 699 g/mol. The molecule has 53 heavy (non-hydrogen) atoms. The van der Waals surface area contributed by atoms with Crippen LogP contribution in [0.15, 0.2) is 191 Å². The zero-order chi connectivity index (χ0) is 35.3. The Morgan fingerprint density at radius 3 is 1.91 bits per heavy atom. The molecule has 8 aromatic carbocycles. The third-order valence-corrected chi connectivity index (χ3v) is 11.5. The van der Waals surface area contributed by atoms with E-state index >= 15 is 0 Å². The highest BCUT2D eigenvalue weighted by molar-refractivity contribution is 7.99. The SMILES string of the molecule is Nc1c(-c2ccccc2)cc2oc3ccccc3c2c1SCc1ccc(-c2ccc3c4ccccc4n(-c4cccc(-c5ccccc5)c4)c3c2)cc1. The average Bonchev–Trinajstić information content (AvgIpc) is 3.76. The Morgan fingerprint density at radius 1 is 0.472 bits per heavy atom. The molecule has 10 rings (SSSR count). The van der Waals surface area contributed by atoms with Gasteiger partial charge in [-0.1, -0.05) is 146 Å². The summed E-state index contributed by atoms with van der Waals surface area (Å²) in [6, 6.07) is 64.6. The van der Waals surface area contributed by atoms with E-state index < -0.39 is 0 Å². The van der Waals surface area contributed by atoms with Gasteiger partial charge in [0.2, 0.25) is 0 Å². The first-order valence-electron chi connectivity index (χ1n) is 17.9. The Balaban J connectivity index is 1.00. The highest BCUT2D eigenvalue weighted by Gasteiger charge is 2.19. The second kappa shape index (κ2) is 12.9. The van der Waals surface area contributed by atoms with Gasteiger partial charge in [-0.15, -0.1) is 11.8 Å². The number of furan rings is 1. The van der Waals surface area contributed by atoms with E-state index in [1.807, 2.05) is 30.3 Å². The van der Waals surface area contributed by atoms with Gasteiger partial charge >= 0.3 is 0 Å². The molecule has 0 radical (unpaired) electrons. The predicted molar refractivity (Wildman–Crippen MR) is 225 cm³/mol. The van der Waals surface area contributed by atoms with E-state index in [2.05, 4.69) is 156 Å². The molecule has 0 aliphatic heterocycles. The molecule has 0 saturated heterocycles.